The molecule has 4 rings (SSSR count). The molecule has 1 spiro atoms. The molecule has 2 aliphatic heterocycles. The lowest BCUT2D eigenvalue weighted by Crippen LogP contribution is -2.47. The van der Waals surface area contributed by atoms with E-state index < -0.39 is 0 Å². The van der Waals surface area contributed by atoms with Crippen molar-refractivity contribution in [3.05, 3.63) is 29.8 Å². The van der Waals surface area contributed by atoms with Gasteiger partial charge in [0, 0.05) is 50.8 Å². The first kappa shape index (κ1) is 18.8. The third-order valence-electron chi connectivity index (χ3n) is 7.16. The summed E-state index contributed by atoms with van der Waals surface area (Å²) < 4.78 is 10.9. The molecular formula is C22H32N2O3. The van der Waals surface area contributed by atoms with Gasteiger partial charge in [0.2, 0.25) is 0 Å². The second-order valence-corrected chi connectivity index (χ2v) is 8.55. The number of hydrogen-bond donors (Lipinski definition) is 0. The molecule has 1 saturated carbocycles. The van der Waals surface area contributed by atoms with E-state index in [1.807, 2.05) is 36.3 Å². The highest BCUT2D eigenvalue weighted by atomic mass is 16.5. The second kappa shape index (κ2) is 7.80. The summed E-state index contributed by atoms with van der Waals surface area (Å²) in [6, 6.07) is 8.29. The predicted octanol–water partition coefficient (Wildman–Crippen LogP) is 3.05. The van der Waals surface area contributed by atoms with E-state index in [4.69, 9.17) is 9.47 Å². The van der Waals surface area contributed by atoms with Gasteiger partial charge in [-0.15, -0.1) is 0 Å². The van der Waals surface area contributed by atoms with Crippen molar-refractivity contribution in [1.82, 2.24) is 9.80 Å². The number of carbonyl (C=O) groups excluding carboxylic acids is 1. The number of amides is 1. The molecule has 27 heavy (non-hydrogen) atoms. The van der Waals surface area contributed by atoms with E-state index in [0.29, 0.717) is 11.3 Å². The van der Waals surface area contributed by atoms with Crippen molar-refractivity contribution in [3.63, 3.8) is 0 Å². The van der Waals surface area contributed by atoms with Crippen LogP contribution in [-0.4, -0.2) is 68.8 Å². The summed E-state index contributed by atoms with van der Waals surface area (Å²) in [6.45, 7) is 4.88. The Bertz CT molecular complexity index is 665. The van der Waals surface area contributed by atoms with Gasteiger partial charge >= 0.3 is 0 Å². The van der Waals surface area contributed by atoms with Crippen molar-refractivity contribution in [3.8, 4) is 5.75 Å². The fourth-order valence-corrected chi connectivity index (χ4v) is 5.20. The van der Waals surface area contributed by atoms with E-state index in [-0.39, 0.29) is 5.91 Å². The maximum Gasteiger partial charge on any atom is 0.253 e. The third kappa shape index (κ3) is 3.59. The van der Waals surface area contributed by atoms with Crippen LogP contribution in [0.3, 0.4) is 0 Å². The van der Waals surface area contributed by atoms with Crippen LogP contribution in [0.15, 0.2) is 24.3 Å². The Morgan fingerprint density at radius 1 is 1.22 bits per heavy atom. The largest absolute Gasteiger partial charge is 0.497 e. The minimum absolute atomic E-state index is 0.126. The zero-order valence-corrected chi connectivity index (χ0v) is 16.7. The van der Waals surface area contributed by atoms with E-state index in [1.54, 1.807) is 7.11 Å². The van der Waals surface area contributed by atoms with Crippen LogP contribution in [0.5, 0.6) is 5.75 Å². The molecule has 0 radical (unpaired) electrons. The smallest absolute Gasteiger partial charge is 0.253 e. The standard InChI is InChI=1S/C22H32N2O3/c1-26-15-18-14-24(19-6-4-7-19)16-22(18)9-11-23(12-10-22)21(25)17-5-3-8-20(13-17)27-2/h3,5,8,13,18-19H,4,6-7,9-12,14-16H2,1-2H3. The van der Waals surface area contributed by atoms with Crippen LogP contribution in [0, 0.1) is 11.3 Å². The molecule has 5 nitrogen and oxygen atoms in total. The summed E-state index contributed by atoms with van der Waals surface area (Å²) in [5, 5.41) is 0. The monoisotopic (exact) mass is 372 g/mol. The first-order valence-corrected chi connectivity index (χ1v) is 10.3. The Hall–Kier alpha value is -1.59. The topological polar surface area (TPSA) is 42.0 Å². The van der Waals surface area contributed by atoms with Crippen molar-refractivity contribution in [2.45, 2.75) is 38.1 Å². The van der Waals surface area contributed by atoms with Gasteiger partial charge in [0.1, 0.15) is 5.75 Å². The van der Waals surface area contributed by atoms with Gasteiger partial charge in [0.05, 0.1) is 13.7 Å². The number of benzene rings is 1. The molecule has 1 aromatic rings. The lowest BCUT2D eigenvalue weighted by atomic mass is 9.71. The molecule has 3 aliphatic rings. The van der Waals surface area contributed by atoms with Crippen molar-refractivity contribution in [1.29, 1.82) is 0 Å². The van der Waals surface area contributed by atoms with Gasteiger partial charge in [-0.2, -0.15) is 0 Å². The quantitative estimate of drug-likeness (QED) is 0.797. The number of carbonyl (C=O) groups is 1. The van der Waals surface area contributed by atoms with Crippen LogP contribution in [0.1, 0.15) is 42.5 Å². The highest BCUT2D eigenvalue weighted by Crippen LogP contribution is 2.47. The normalized spacial score (nSPS) is 25.6. The van der Waals surface area contributed by atoms with Crippen molar-refractivity contribution >= 4 is 5.91 Å². The van der Waals surface area contributed by atoms with Crippen LogP contribution in [0.2, 0.25) is 0 Å². The third-order valence-corrected chi connectivity index (χ3v) is 7.16. The first-order valence-electron chi connectivity index (χ1n) is 10.3. The van der Waals surface area contributed by atoms with Gasteiger partial charge in [-0.05, 0) is 49.3 Å². The maximum atomic E-state index is 12.9. The Morgan fingerprint density at radius 2 is 2.00 bits per heavy atom. The van der Waals surface area contributed by atoms with Crippen LogP contribution in [-0.2, 0) is 4.74 Å². The number of hydrogen-bond acceptors (Lipinski definition) is 4. The first-order chi connectivity index (χ1) is 13.1. The lowest BCUT2D eigenvalue weighted by molar-refractivity contribution is 0.0312. The van der Waals surface area contributed by atoms with Gasteiger partial charge in [0.25, 0.3) is 5.91 Å². The molecule has 1 amide bonds. The van der Waals surface area contributed by atoms with Gasteiger partial charge in [-0.3, -0.25) is 9.69 Å². The molecule has 0 bridgehead atoms. The van der Waals surface area contributed by atoms with E-state index in [2.05, 4.69) is 4.90 Å². The summed E-state index contributed by atoms with van der Waals surface area (Å²) >= 11 is 0. The zero-order chi connectivity index (χ0) is 18.9. The average molecular weight is 373 g/mol. The number of ether oxygens (including phenoxy) is 2. The number of methoxy groups -OCH3 is 2. The van der Waals surface area contributed by atoms with Crippen LogP contribution >= 0.6 is 0 Å². The molecule has 1 aliphatic carbocycles. The van der Waals surface area contributed by atoms with Crippen molar-refractivity contribution in [2.75, 3.05) is 47.0 Å². The van der Waals surface area contributed by atoms with E-state index >= 15 is 0 Å². The zero-order valence-electron chi connectivity index (χ0n) is 16.7. The summed E-state index contributed by atoms with van der Waals surface area (Å²) in [7, 11) is 3.46. The SMILES string of the molecule is COCC1CN(C2CCC2)CC12CCN(C(=O)c1cccc(OC)c1)CC2. The molecule has 148 valence electrons. The highest BCUT2D eigenvalue weighted by Gasteiger charge is 2.50. The molecule has 1 unspecified atom stereocenters. The van der Waals surface area contributed by atoms with Crippen molar-refractivity contribution in [2.24, 2.45) is 11.3 Å². The summed E-state index contributed by atoms with van der Waals surface area (Å²) in [5.74, 6) is 1.46. The van der Waals surface area contributed by atoms with Gasteiger partial charge in [0.15, 0.2) is 0 Å². The summed E-state index contributed by atoms with van der Waals surface area (Å²) in [6.07, 6.45) is 6.26. The van der Waals surface area contributed by atoms with Gasteiger partial charge in [-0.25, -0.2) is 0 Å². The highest BCUT2D eigenvalue weighted by molar-refractivity contribution is 5.94. The minimum Gasteiger partial charge on any atom is -0.497 e. The fourth-order valence-electron chi connectivity index (χ4n) is 5.20. The molecule has 2 heterocycles. The minimum atomic E-state index is 0.126. The summed E-state index contributed by atoms with van der Waals surface area (Å²) in [4.78, 5) is 17.7. The molecule has 2 saturated heterocycles. The number of piperidine rings is 1. The Morgan fingerprint density at radius 3 is 2.63 bits per heavy atom. The van der Waals surface area contributed by atoms with Crippen LogP contribution in [0.25, 0.3) is 0 Å². The van der Waals surface area contributed by atoms with Crippen LogP contribution < -0.4 is 4.74 Å². The Balaban J connectivity index is 1.42. The number of likely N-dealkylation sites (tertiary alicyclic amines) is 2. The molecule has 1 atom stereocenters. The molecule has 3 fully saturated rings. The fraction of sp³-hybridized carbons (Fsp3) is 0.682. The average Bonchev–Trinajstić information content (AvgIpc) is 2.98. The van der Waals surface area contributed by atoms with Gasteiger partial charge < -0.3 is 14.4 Å². The molecule has 0 aromatic heterocycles. The predicted molar refractivity (Wildman–Crippen MR) is 105 cm³/mol. The van der Waals surface area contributed by atoms with Gasteiger partial charge in [-0.1, -0.05) is 12.5 Å². The summed E-state index contributed by atoms with van der Waals surface area (Å²) in [5.41, 5.74) is 1.04. The van der Waals surface area contributed by atoms with Crippen LogP contribution in [0.4, 0.5) is 0 Å². The molecule has 1 aromatic carbocycles. The molecular weight excluding hydrogens is 340 g/mol. The number of nitrogens with zero attached hydrogens (tertiary/aromatic N) is 2. The Kier molecular flexibility index (Phi) is 5.42. The number of rotatable bonds is 5. The lowest BCUT2D eigenvalue weighted by Gasteiger charge is -2.43. The van der Waals surface area contributed by atoms with E-state index in [1.165, 1.54) is 32.4 Å². The molecule has 0 N–H and O–H groups in total. The van der Waals surface area contributed by atoms with E-state index in [0.717, 1.165) is 49.9 Å². The van der Waals surface area contributed by atoms with E-state index in [9.17, 15) is 4.79 Å². The van der Waals surface area contributed by atoms with Crippen molar-refractivity contribution < 1.29 is 14.3 Å². The second-order valence-electron chi connectivity index (χ2n) is 8.55. The Labute approximate surface area is 162 Å². The maximum absolute atomic E-state index is 12.9. The molecule has 5 heteroatoms.